The largest absolute Gasteiger partial charge is 0.490 e. The third-order valence-corrected chi connectivity index (χ3v) is 12.0. The molecule has 2 fully saturated rings. The topological polar surface area (TPSA) is 88.2 Å². The number of likely N-dealkylation sites (tertiary alicyclic amines) is 1. The first-order chi connectivity index (χ1) is 24.6. The number of aryl methyl sites for hydroxylation is 1. The summed E-state index contributed by atoms with van der Waals surface area (Å²) in [5.74, 6) is -5.78. The predicted octanol–water partition coefficient (Wildman–Crippen LogP) is 8.17. The van der Waals surface area contributed by atoms with Crippen LogP contribution in [0, 0.1) is 30.4 Å². The van der Waals surface area contributed by atoms with Crippen LogP contribution < -0.4 is 4.48 Å². The number of esters is 1. The van der Waals surface area contributed by atoms with Crippen molar-refractivity contribution in [1.29, 1.82) is 0 Å². The zero-order valence-electron chi connectivity index (χ0n) is 29.1. The summed E-state index contributed by atoms with van der Waals surface area (Å²) >= 11 is 6.52. The quantitative estimate of drug-likeness (QED) is 0.0612. The predicted molar refractivity (Wildman–Crippen MR) is 185 cm³/mol. The molecule has 2 aliphatic rings. The van der Waals surface area contributed by atoms with Gasteiger partial charge in [-0.1, -0.05) is 54.1 Å². The second-order valence-corrected chi connectivity index (χ2v) is 14.7. The molecule has 0 spiro atoms. The highest BCUT2D eigenvalue weighted by atomic mass is 35.5. The Bertz CT molecular complexity index is 1930. The third kappa shape index (κ3) is 6.30. The van der Waals surface area contributed by atoms with Gasteiger partial charge in [-0.3, -0.25) is 14.5 Å². The van der Waals surface area contributed by atoms with Crippen molar-refractivity contribution in [3.05, 3.63) is 112 Å². The van der Waals surface area contributed by atoms with E-state index in [1.807, 2.05) is 13.0 Å². The SMILES string of the molecule is Cc1cc([N+]2([C@]3(c4ccc(F)cc4F)CC(OC(=O)C(F)(F)F)(N(C)[C@@H](C)c4ccccc4)C[C@H]3C=O)CCC(c3cnn[nH]3)C(C)C2)ccc1Cl. The summed E-state index contributed by atoms with van der Waals surface area (Å²) in [4.78, 5) is 28.1. The molecule has 1 saturated carbocycles. The molecule has 0 bridgehead atoms. The number of rotatable bonds is 9. The molecule has 0 radical (unpaired) electrons. The van der Waals surface area contributed by atoms with Crippen LogP contribution in [-0.4, -0.2) is 64.6 Å². The van der Waals surface area contributed by atoms with Crippen molar-refractivity contribution in [3.63, 3.8) is 0 Å². The number of hydrogen-bond donors (Lipinski definition) is 1. The Morgan fingerprint density at radius 2 is 1.87 bits per heavy atom. The second-order valence-electron chi connectivity index (χ2n) is 14.3. The summed E-state index contributed by atoms with van der Waals surface area (Å²) in [6.07, 6.45) is -3.50. The lowest BCUT2D eigenvalue weighted by molar-refractivity contribution is -0.234. The minimum Gasteiger partial charge on any atom is -0.437 e. The van der Waals surface area contributed by atoms with E-state index in [-0.39, 0.29) is 35.0 Å². The molecule has 1 aliphatic heterocycles. The van der Waals surface area contributed by atoms with E-state index in [0.717, 1.165) is 11.8 Å². The molecule has 276 valence electrons. The van der Waals surface area contributed by atoms with E-state index in [4.69, 9.17) is 16.3 Å². The van der Waals surface area contributed by atoms with Crippen LogP contribution in [0.5, 0.6) is 0 Å². The number of aromatic amines is 1. The van der Waals surface area contributed by atoms with Gasteiger partial charge < -0.3 is 9.53 Å². The fraction of sp³-hybridized carbons (Fsp3) is 0.421. The molecule has 3 aromatic carbocycles. The standard InChI is InChI=1S/C38H40ClF5N5O3/c1-23-16-29(11-13-32(23)39)49(15-14-30(24(2)20-49)34-19-45-47-46-34)37(31-12-10-28(40)17-33(31)41)22-36(18-27(37)21-50,52-35(51)38(42,43)44)48(4)25(3)26-8-6-5-7-9-26/h5-13,16-17,19,21,24-25,27,30H,14-15,18,20,22H2,1-4H3,(H,45,46,47)/q+1/t24?,25-,27-,30?,36?,37+,49?/m0/s1. The van der Waals surface area contributed by atoms with Crippen molar-refractivity contribution in [2.45, 2.75) is 69.4 Å². The van der Waals surface area contributed by atoms with E-state index in [0.29, 0.717) is 40.6 Å². The van der Waals surface area contributed by atoms with E-state index in [1.54, 1.807) is 62.5 Å². The zero-order chi connectivity index (χ0) is 37.6. The first-order valence-corrected chi connectivity index (χ1v) is 17.4. The monoisotopic (exact) mass is 744 g/mol. The average Bonchev–Trinajstić information content (AvgIpc) is 3.76. The summed E-state index contributed by atoms with van der Waals surface area (Å²) in [7, 11) is 1.54. The molecular formula is C38H40ClF5N5O3+. The Balaban J connectivity index is 1.65. The first kappa shape index (κ1) is 37.6. The summed E-state index contributed by atoms with van der Waals surface area (Å²) in [5.41, 5.74) is -1.08. The highest BCUT2D eigenvalue weighted by Crippen LogP contribution is 2.62. The van der Waals surface area contributed by atoms with Crippen LogP contribution in [0.25, 0.3) is 0 Å². The molecule has 1 aromatic heterocycles. The number of ether oxygens (including phenoxy) is 1. The highest BCUT2D eigenvalue weighted by Gasteiger charge is 2.72. The average molecular weight is 745 g/mol. The van der Waals surface area contributed by atoms with Crippen molar-refractivity contribution >= 4 is 29.5 Å². The molecule has 8 nitrogen and oxygen atoms in total. The maximum absolute atomic E-state index is 16.7. The number of carbonyl (C=O) groups is 2. The van der Waals surface area contributed by atoms with Crippen molar-refractivity contribution in [3.8, 4) is 0 Å². The number of halogens is 6. The van der Waals surface area contributed by atoms with Gasteiger partial charge in [0.1, 0.15) is 29.1 Å². The second kappa shape index (κ2) is 14.0. The molecule has 52 heavy (non-hydrogen) atoms. The number of hydrogen-bond acceptors (Lipinski definition) is 6. The lowest BCUT2D eigenvalue weighted by atomic mass is 9.71. The summed E-state index contributed by atoms with van der Waals surface area (Å²) in [5, 5.41) is 11.2. The molecule has 0 amide bonds. The van der Waals surface area contributed by atoms with Gasteiger partial charge in [-0.05, 0) is 50.2 Å². The van der Waals surface area contributed by atoms with Crippen LogP contribution in [0.3, 0.4) is 0 Å². The molecule has 4 aromatic rings. The smallest absolute Gasteiger partial charge is 0.437 e. The number of nitrogens with zero attached hydrogens (tertiary/aromatic N) is 4. The normalized spacial score (nSPS) is 28.5. The number of aldehydes is 1. The number of nitrogens with one attached hydrogen (secondary N) is 1. The number of H-pyrrole nitrogens is 1. The van der Waals surface area contributed by atoms with E-state index in [2.05, 4.69) is 15.4 Å². The van der Waals surface area contributed by atoms with E-state index < -0.39 is 59.8 Å². The maximum atomic E-state index is 16.7. The van der Waals surface area contributed by atoms with E-state index in [1.165, 1.54) is 18.0 Å². The van der Waals surface area contributed by atoms with Gasteiger partial charge in [-0.15, -0.1) is 5.10 Å². The number of quaternary nitrogens is 1. The van der Waals surface area contributed by atoms with Gasteiger partial charge >= 0.3 is 12.1 Å². The summed E-state index contributed by atoms with van der Waals surface area (Å²) < 4.78 is 79.4. The van der Waals surface area contributed by atoms with Gasteiger partial charge in [0.2, 0.25) is 0 Å². The molecule has 1 N–H and O–H groups in total. The van der Waals surface area contributed by atoms with Crippen molar-refractivity contribution in [1.82, 2.24) is 24.8 Å². The van der Waals surface area contributed by atoms with Gasteiger partial charge in [0.05, 0.1) is 37.3 Å². The van der Waals surface area contributed by atoms with Gasteiger partial charge in [0.15, 0.2) is 5.72 Å². The zero-order valence-corrected chi connectivity index (χ0v) is 29.9. The number of piperidine rings is 1. The van der Waals surface area contributed by atoms with Crippen LogP contribution in [-0.2, 0) is 19.9 Å². The van der Waals surface area contributed by atoms with Gasteiger partial charge in [0.25, 0.3) is 0 Å². The highest BCUT2D eigenvalue weighted by molar-refractivity contribution is 6.31. The van der Waals surface area contributed by atoms with Crippen molar-refractivity contribution < 1.29 is 36.3 Å². The fourth-order valence-corrected chi connectivity index (χ4v) is 9.13. The third-order valence-electron chi connectivity index (χ3n) is 11.6. The number of aromatic nitrogens is 3. The molecule has 4 unspecified atom stereocenters. The number of alkyl halides is 3. The van der Waals surface area contributed by atoms with Crippen LogP contribution in [0.2, 0.25) is 5.02 Å². The summed E-state index contributed by atoms with van der Waals surface area (Å²) in [6, 6.07) is 16.7. The fourth-order valence-electron chi connectivity index (χ4n) is 9.01. The molecule has 6 rings (SSSR count). The number of carbonyl (C=O) groups excluding carboxylic acids is 2. The van der Waals surface area contributed by atoms with E-state index >= 15 is 4.39 Å². The molecule has 1 saturated heterocycles. The van der Waals surface area contributed by atoms with Crippen molar-refractivity contribution in [2.24, 2.45) is 11.8 Å². The maximum Gasteiger partial charge on any atom is 0.490 e. The Morgan fingerprint density at radius 1 is 1.13 bits per heavy atom. The first-order valence-electron chi connectivity index (χ1n) is 17.1. The van der Waals surface area contributed by atoms with Crippen LogP contribution in [0.1, 0.15) is 67.5 Å². The van der Waals surface area contributed by atoms with Gasteiger partial charge in [-0.25, -0.2) is 13.6 Å². The lowest BCUT2D eigenvalue weighted by Crippen LogP contribution is -2.70. The molecule has 1 aliphatic carbocycles. The van der Waals surface area contributed by atoms with Gasteiger partial charge in [-0.2, -0.15) is 13.2 Å². The van der Waals surface area contributed by atoms with Crippen LogP contribution in [0.15, 0.2) is 72.9 Å². The Morgan fingerprint density at radius 3 is 2.46 bits per heavy atom. The molecular weight excluding hydrogens is 705 g/mol. The lowest BCUT2D eigenvalue weighted by Gasteiger charge is -2.58. The van der Waals surface area contributed by atoms with Crippen LogP contribution in [0.4, 0.5) is 27.6 Å². The minimum absolute atomic E-state index is 0.0712. The minimum atomic E-state index is -5.38. The van der Waals surface area contributed by atoms with E-state index in [9.17, 15) is 27.2 Å². The molecule has 7 atom stereocenters. The van der Waals surface area contributed by atoms with Gasteiger partial charge in [0, 0.05) is 59.5 Å². The van der Waals surface area contributed by atoms with Crippen LogP contribution >= 0.6 is 11.6 Å². The Labute approximate surface area is 303 Å². The molecule has 14 heteroatoms. The Kier molecular flexibility index (Phi) is 10.1. The summed E-state index contributed by atoms with van der Waals surface area (Å²) in [6.45, 7) is 6.08. The molecule has 2 heterocycles. The Hall–Kier alpha value is -4.20. The number of benzene rings is 3. The van der Waals surface area contributed by atoms with Crippen molar-refractivity contribution in [2.75, 3.05) is 20.1 Å².